The van der Waals surface area contributed by atoms with Crippen molar-refractivity contribution < 1.29 is 18.9 Å². The highest BCUT2D eigenvalue weighted by Crippen LogP contribution is 2.43. The van der Waals surface area contributed by atoms with Gasteiger partial charge in [0.25, 0.3) is 5.56 Å². The van der Waals surface area contributed by atoms with E-state index in [4.69, 9.17) is 24.5 Å². The summed E-state index contributed by atoms with van der Waals surface area (Å²) < 4.78 is 26.2. The fourth-order valence-electron chi connectivity index (χ4n) is 3.83. The molecule has 14 heteroatoms. The van der Waals surface area contributed by atoms with E-state index in [1.54, 1.807) is 37.4 Å². The Bertz CT molecular complexity index is 1130. The molecule has 2 aromatic heterocycles. The minimum Gasteiger partial charge on any atom is -0.369 e. The summed E-state index contributed by atoms with van der Waals surface area (Å²) in [5.41, 5.74) is 8.75. The molecule has 0 spiro atoms. The van der Waals surface area contributed by atoms with Crippen LogP contribution in [0.4, 0.5) is 5.95 Å². The number of ether oxygens (including phenoxy) is 4. The second-order valence-electron chi connectivity index (χ2n) is 8.14. The zero-order chi connectivity index (χ0) is 23.0. The van der Waals surface area contributed by atoms with Gasteiger partial charge in [0.15, 0.2) is 23.2 Å². The van der Waals surface area contributed by atoms with Gasteiger partial charge in [0, 0.05) is 26.1 Å². The first-order chi connectivity index (χ1) is 15.3. The Morgan fingerprint density at radius 2 is 2.12 bits per heavy atom. The number of azide groups is 1. The van der Waals surface area contributed by atoms with Crippen molar-refractivity contribution in [2.75, 3.05) is 27.7 Å². The van der Waals surface area contributed by atoms with Crippen molar-refractivity contribution in [3.05, 3.63) is 27.1 Å². The number of imidazole rings is 1. The van der Waals surface area contributed by atoms with E-state index in [1.165, 1.54) is 24.3 Å². The molecule has 4 heterocycles. The number of rotatable bonds is 7. The lowest BCUT2D eigenvalue weighted by Crippen LogP contribution is -2.31. The van der Waals surface area contributed by atoms with Gasteiger partial charge < -0.3 is 23.8 Å². The fourth-order valence-corrected chi connectivity index (χ4v) is 3.83. The quantitative estimate of drug-likeness (QED) is 0.201. The molecule has 14 nitrogen and oxygen atoms in total. The summed E-state index contributed by atoms with van der Waals surface area (Å²) in [4.78, 5) is 30.8. The van der Waals surface area contributed by atoms with Gasteiger partial charge in [0.1, 0.15) is 18.9 Å². The Morgan fingerprint density at radius 3 is 2.81 bits per heavy atom. The number of nitrogens with zero attached hydrogens (tertiary/aromatic N) is 9. The van der Waals surface area contributed by atoms with E-state index >= 15 is 0 Å². The standard InChI is InChI=1S/C18H25N9O5/c1-18(2)31-12-10(6-22-24-19)30-16(13(12)32-18)26-8-20-11-14(26)23-17(21-7-25(3)4)27(9-29-5)15(11)28/h7-8,10,12-13,16H,6,9H2,1-5H3/b21-7+/t10-,12-,13-,16-/m1/s1. The number of aromatic nitrogens is 4. The van der Waals surface area contributed by atoms with E-state index in [-0.39, 0.29) is 30.4 Å². The van der Waals surface area contributed by atoms with Gasteiger partial charge in [-0.25, -0.2) is 9.98 Å². The summed E-state index contributed by atoms with van der Waals surface area (Å²) in [7, 11) is 5.09. The smallest absolute Gasteiger partial charge is 0.285 e. The molecule has 2 aromatic rings. The van der Waals surface area contributed by atoms with Gasteiger partial charge in [-0.3, -0.25) is 13.9 Å². The molecular formula is C18H25N9O5. The lowest BCUT2D eigenvalue weighted by atomic mass is 10.1. The van der Waals surface area contributed by atoms with Crippen molar-refractivity contribution in [2.24, 2.45) is 10.1 Å². The summed E-state index contributed by atoms with van der Waals surface area (Å²) in [6, 6.07) is 0. The monoisotopic (exact) mass is 447 g/mol. The molecule has 0 amide bonds. The van der Waals surface area contributed by atoms with Crippen LogP contribution < -0.4 is 5.56 Å². The molecule has 2 aliphatic rings. The Labute approximate surface area is 183 Å². The summed E-state index contributed by atoms with van der Waals surface area (Å²) in [5, 5.41) is 3.63. The Morgan fingerprint density at radius 1 is 1.38 bits per heavy atom. The summed E-state index contributed by atoms with van der Waals surface area (Å²) in [6.07, 6.45) is 0.815. The fraction of sp³-hybridized carbons (Fsp3) is 0.667. The molecule has 0 aliphatic carbocycles. The molecule has 0 bridgehead atoms. The molecule has 2 aliphatic heterocycles. The molecule has 0 N–H and O–H groups in total. The maximum absolute atomic E-state index is 13.1. The molecule has 32 heavy (non-hydrogen) atoms. The molecule has 2 saturated heterocycles. The van der Waals surface area contributed by atoms with E-state index < -0.39 is 35.9 Å². The third-order valence-corrected chi connectivity index (χ3v) is 5.05. The highest BCUT2D eigenvalue weighted by molar-refractivity contribution is 5.71. The van der Waals surface area contributed by atoms with Crippen molar-refractivity contribution in [3.8, 4) is 0 Å². The first-order valence-corrected chi connectivity index (χ1v) is 9.94. The first kappa shape index (κ1) is 22.2. The molecule has 0 saturated carbocycles. The van der Waals surface area contributed by atoms with Gasteiger partial charge >= 0.3 is 0 Å². The maximum Gasteiger partial charge on any atom is 0.285 e. The lowest BCUT2D eigenvalue weighted by molar-refractivity contribution is -0.195. The molecule has 4 atom stereocenters. The van der Waals surface area contributed by atoms with Gasteiger partial charge in [-0.05, 0) is 19.4 Å². The van der Waals surface area contributed by atoms with Gasteiger partial charge in [0.2, 0.25) is 5.95 Å². The predicted octanol–water partition coefficient (Wildman–Crippen LogP) is 1.15. The normalized spacial score (nSPS) is 26.5. The molecule has 0 unspecified atom stereocenters. The molecule has 4 rings (SSSR count). The van der Waals surface area contributed by atoms with Gasteiger partial charge in [0.05, 0.1) is 25.3 Å². The van der Waals surface area contributed by atoms with Crippen molar-refractivity contribution in [1.82, 2.24) is 24.0 Å². The molecule has 0 radical (unpaired) electrons. The summed E-state index contributed by atoms with van der Waals surface area (Å²) in [6.45, 7) is 3.65. The van der Waals surface area contributed by atoms with Crippen molar-refractivity contribution in [3.63, 3.8) is 0 Å². The SMILES string of the molecule is COCn1c(/N=C/N(C)C)nc2c(ncn2[C@@H]2O[C@H](CN=[N+]=[N-])[C@H]3OC(C)(C)O[C@H]32)c1=O. The second kappa shape index (κ2) is 8.48. The summed E-state index contributed by atoms with van der Waals surface area (Å²) >= 11 is 0. The maximum atomic E-state index is 13.1. The number of hydrogen-bond donors (Lipinski definition) is 0. The van der Waals surface area contributed by atoms with E-state index in [2.05, 4.69) is 25.0 Å². The van der Waals surface area contributed by atoms with E-state index in [9.17, 15) is 4.79 Å². The first-order valence-electron chi connectivity index (χ1n) is 9.94. The third kappa shape index (κ3) is 3.94. The highest BCUT2D eigenvalue weighted by Gasteiger charge is 2.55. The number of aliphatic imine (C=N–C) groups is 1. The minimum absolute atomic E-state index is 0.0290. The van der Waals surface area contributed by atoms with E-state index in [0.29, 0.717) is 0 Å². The van der Waals surface area contributed by atoms with Crippen LogP contribution in [-0.2, 0) is 25.7 Å². The molecule has 172 valence electrons. The van der Waals surface area contributed by atoms with Gasteiger partial charge in [-0.15, -0.1) is 0 Å². The van der Waals surface area contributed by atoms with E-state index in [1.807, 2.05) is 0 Å². The van der Waals surface area contributed by atoms with Crippen LogP contribution in [-0.4, -0.2) is 82.2 Å². The van der Waals surface area contributed by atoms with Crippen LogP contribution in [0.3, 0.4) is 0 Å². The minimum atomic E-state index is -0.845. The molecule has 0 aromatic carbocycles. The van der Waals surface area contributed by atoms with Crippen LogP contribution in [0.15, 0.2) is 21.2 Å². The largest absolute Gasteiger partial charge is 0.369 e. The van der Waals surface area contributed by atoms with Crippen LogP contribution in [0.25, 0.3) is 21.6 Å². The number of fused-ring (bicyclic) bond motifs is 2. The van der Waals surface area contributed by atoms with Crippen LogP contribution in [0, 0.1) is 0 Å². The van der Waals surface area contributed by atoms with Crippen LogP contribution in [0.1, 0.15) is 20.1 Å². The third-order valence-electron chi connectivity index (χ3n) is 5.05. The molecule has 2 fully saturated rings. The van der Waals surface area contributed by atoms with Crippen LogP contribution >= 0.6 is 0 Å². The zero-order valence-corrected chi connectivity index (χ0v) is 18.4. The average molecular weight is 447 g/mol. The number of hydrogen-bond acceptors (Lipinski definition) is 9. The zero-order valence-electron chi connectivity index (χ0n) is 18.4. The highest BCUT2D eigenvalue weighted by atomic mass is 16.8. The Hall–Kier alpha value is -3.03. The van der Waals surface area contributed by atoms with Crippen LogP contribution in [0.2, 0.25) is 0 Å². The lowest BCUT2D eigenvalue weighted by Gasteiger charge is -2.24. The topological polar surface area (TPSA) is 154 Å². The van der Waals surface area contributed by atoms with E-state index in [0.717, 1.165) is 0 Å². The van der Waals surface area contributed by atoms with Gasteiger partial charge in [-0.2, -0.15) is 4.98 Å². The van der Waals surface area contributed by atoms with Crippen molar-refractivity contribution >= 4 is 23.5 Å². The van der Waals surface area contributed by atoms with Crippen LogP contribution in [0.5, 0.6) is 0 Å². The second-order valence-corrected chi connectivity index (χ2v) is 8.14. The predicted molar refractivity (Wildman–Crippen MR) is 112 cm³/mol. The van der Waals surface area contributed by atoms with Crippen molar-refractivity contribution in [2.45, 2.75) is 50.9 Å². The Kier molecular flexibility index (Phi) is 5.88. The van der Waals surface area contributed by atoms with Crippen molar-refractivity contribution in [1.29, 1.82) is 0 Å². The Balaban J connectivity index is 1.80. The van der Waals surface area contributed by atoms with Gasteiger partial charge in [-0.1, -0.05) is 5.11 Å². The summed E-state index contributed by atoms with van der Waals surface area (Å²) in [5.74, 6) is -0.689. The molecular weight excluding hydrogens is 422 g/mol. The number of methoxy groups -OCH3 is 1. The average Bonchev–Trinajstić information content (AvgIpc) is 3.38.